The van der Waals surface area contributed by atoms with Gasteiger partial charge in [0.2, 0.25) is 5.91 Å². The van der Waals surface area contributed by atoms with Crippen LogP contribution in [0.5, 0.6) is 0 Å². The molecule has 0 N–H and O–H groups in total. The van der Waals surface area contributed by atoms with Crippen molar-refractivity contribution in [2.45, 2.75) is 45.3 Å². The van der Waals surface area contributed by atoms with E-state index in [-0.39, 0.29) is 18.0 Å². The van der Waals surface area contributed by atoms with E-state index in [4.69, 9.17) is 4.52 Å². The molecule has 2 atom stereocenters. The van der Waals surface area contributed by atoms with Gasteiger partial charge in [0.05, 0.1) is 23.6 Å². The van der Waals surface area contributed by atoms with Crippen molar-refractivity contribution in [3.05, 3.63) is 29.4 Å². The van der Waals surface area contributed by atoms with E-state index < -0.39 is 0 Å². The standard InChI is InChI=1S/C16H21N5O2/c1-10-13(11(2)23-18-10)9-20-5-4-14-15(20)6-16(22)21(14)12-7-17-19(3)8-12/h7-8,14-15H,4-6,9H2,1-3H3/t14-,15-/m0/s1. The van der Waals surface area contributed by atoms with E-state index in [1.807, 2.05) is 32.0 Å². The van der Waals surface area contributed by atoms with E-state index in [9.17, 15) is 4.79 Å². The summed E-state index contributed by atoms with van der Waals surface area (Å²) >= 11 is 0. The van der Waals surface area contributed by atoms with Crippen LogP contribution in [-0.4, -0.2) is 44.4 Å². The zero-order valence-electron chi connectivity index (χ0n) is 13.7. The number of amides is 1. The van der Waals surface area contributed by atoms with E-state index in [0.29, 0.717) is 6.42 Å². The van der Waals surface area contributed by atoms with Crippen LogP contribution in [0.15, 0.2) is 16.9 Å². The number of aryl methyl sites for hydroxylation is 3. The SMILES string of the molecule is Cc1noc(C)c1CN1CC[C@H]2[C@@H]1CC(=O)N2c1cnn(C)c1. The topological polar surface area (TPSA) is 67.4 Å². The summed E-state index contributed by atoms with van der Waals surface area (Å²) in [4.78, 5) is 16.8. The molecule has 7 nitrogen and oxygen atoms in total. The lowest BCUT2D eigenvalue weighted by Crippen LogP contribution is -2.37. The lowest BCUT2D eigenvalue weighted by Gasteiger charge is -2.24. The minimum Gasteiger partial charge on any atom is -0.361 e. The molecule has 7 heteroatoms. The van der Waals surface area contributed by atoms with Crippen molar-refractivity contribution < 1.29 is 9.32 Å². The van der Waals surface area contributed by atoms with Crippen molar-refractivity contribution in [3.63, 3.8) is 0 Å². The summed E-state index contributed by atoms with van der Waals surface area (Å²) in [6, 6.07) is 0.503. The highest BCUT2D eigenvalue weighted by Crippen LogP contribution is 2.36. The molecule has 0 radical (unpaired) electrons. The molecule has 2 aromatic rings. The third-order valence-electron chi connectivity index (χ3n) is 5.12. The molecule has 23 heavy (non-hydrogen) atoms. The zero-order chi connectivity index (χ0) is 16.1. The quantitative estimate of drug-likeness (QED) is 0.856. The van der Waals surface area contributed by atoms with Crippen LogP contribution in [0.25, 0.3) is 0 Å². The molecule has 2 saturated heterocycles. The molecule has 4 rings (SSSR count). The Balaban J connectivity index is 1.56. The molecule has 2 aromatic heterocycles. The van der Waals surface area contributed by atoms with Gasteiger partial charge in [-0.05, 0) is 20.3 Å². The first kappa shape index (κ1) is 14.4. The van der Waals surface area contributed by atoms with Crippen LogP contribution in [0.3, 0.4) is 0 Å². The molecule has 0 unspecified atom stereocenters. The van der Waals surface area contributed by atoms with Gasteiger partial charge in [0.1, 0.15) is 5.76 Å². The average molecular weight is 315 g/mol. The first-order valence-corrected chi connectivity index (χ1v) is 8.01. The fourth-order valence-corrected chi connectivity index (χ4v) is 3.92. The molecule has 2 fully saturated rings. The number of carbonyl (C=O) groups excluding carboxylic acids is 1. The summed E-state index contributed by atoms with van der Waals surface area (Å²) in [6.07, 6.45) is 5.26. The fraction of sp³-hybridized carbons (Fsp3) is 0.562. The van der Waals surface area contributed by atoms with Gasteiger partial charge in [-0.15, -0.1) is 0 Å². The molecular weight excluding hydrogens is 294 g/mol. The lowest BCUT2D eigenvalue weighted by molar-refractivity contribution is -0.117. The van der Waals surface area contributed by atoms with Crippen LogP contribution in [0, 0.1) is 13.8 Å². The summed E-state index contributed by atoms with van der Waals surface area (Å²) in [7, 11) is 1.87. The van der Waals surface area contributed by atoms with Gasteiger partial charge in [0, 0.05) is 44.4 Å². The van der Waals surface area contributed by atoms with E-state index >= 15 is 0 Å². The Morgan fingerprint density at radius 2 is 2.17 bits per heavy atom. The van der Waals surface area contributed by atoms with Gasteiger partial charge in [-0.2, -0.15) is 5.10 Å². The monoisotopic (exact) mass is 315 g/mol. The number of hydrogen-bond donors (Lipinski definition) is 0. The second-order valence-corrected chi connectivity index (χ2v) is 6.54. The summed E-state index contributed by atoms with van der Waals surface area (Å²) in [6.45, 7) is 5.71. The van der Waals surface area contributed by atoms with Gasteiger partial charge < -0.3 is 9.42 Å². The van der Waals surface area contributed by atoms with Crippen molar-refractivity contribution in [3.8, 4) is 0 Å². The van der Waals surface area contributed by atoms with E-state index in [1.165, 1.54) is 0 Å². The minimum atomic E-state index is 0.191. The second-order valence-electron chi connectivity index (χ2n) is 6.54. The van der Waals surface area contributed by atoms with Gasteiger partial charge in [-0.25, -0.2) is 0 Å². The van der Waals surface area contributed by atoms with E-state index in [0.717, 1.165) is 42.2 Å². The first-order chi connectivity index (χ1) is 11.0. The predicted octanol–water partition coefficient (Wildman–Crippen LogP) is 1.40. The van der Waals surface area contributed by atoms with Crippen molar-refractivity contribution >= 4 is 11.6 Å². The number of hydrogen-bond acceptors (Lipinski definition) is 5. The molecule has 2 aliphatic heterocycles. The average Bonchev–Trinajstić information content (AvgIpc) is 3.23. The van der Waals surface area contributed by atoms with E-state index in [2.05, 4.69) is 15.2 Å². The normalized spacial score (nSPS) is 24.7. The summed E-state index contributed by atoms with van der Waals surface area (Å²) in [5.41, 5.74) is 3.00. The highest BCUT2D eigenvalue weighted by molar-refractivity contribution is 5.97. The van der Waals surface area contributed by atoms with Crippen molar-refractivity contribution in [2.75, 3.05) is 11.4 Å². The van der Waals surface area contributed by atoms with Crippen molar-refractivity contribution in [2.24, 2.45) is 7.05 Å². The highest BCUT2D eigenvalue weighted by atomic mass is 16.5. The number of likely N-dealkylation sites (tertiary alicyclic amines) is 1. The maximum atomic E-state index is 12.5. The van der Waals surface area contributed by atoms with Crippen molar-refractivity contribution in [1.82, 2.24) is 19.8 Å². The number of fused-ring (bicyclic) bond motifs is 1. The number of nitrogens with zero attached hydrogens (tertiary/aromatic N) is 5. The Morgan fingerprint density at radius 3 is 2.83 bits per heavy atom. The molecule has 122 valence electrons. The van der Waals surface area contributed by atoms with Crippen LogP contribution < -0.4 is 4.90 Å². The molecule has 0 aromatic carbocycles. The van der Waals surface area contributed by atoms with Crippen molar-refractivity contribution in [1.29, 1.82) is 0 Å². The third-order valence-corrected chi connectivity index (χ3v) is 5.12. The number of anilines is 1. The molecule has 2 aliphatic rings. The van der Waals surface area contributed by atoms with Gasteiger partial charge in [0.25, 0.3) is 0 Å². The number of rotatable bonds is 3. The molecule has 0 bridgehead atoms. The minimum absolute atomic E-state index is 0.191. The number of aromatic nitrogens is 3. The Bertz CT molecular complexity index is 730. The maximum Gasteiger partial charge on any atom is 0.229 e. The zero-order valence-corrected chi connectivity index (χ0v) is 13.7. The predicted molar refractivity (Wildman–Crippen MR) is 83.9 cm³/mol. The van der Waals surface area contributed by atoms with Crippen LogP contribution >= 0.6 is 0 Å². The molecule has 1 amide bonds. The number of carbonyl (C=O) groups is 1. The van der Waals surface area contributed by atoms with Crippen LogP contribution in [-0.2, 0) is 18.4 Å². The summed E-state index contributed by atoms with van der Waals surface area (Å²) < 4.78 is 7.01. The van der Waals surface area contributed by atoms with Crippen LogP contribution in [0.1, 0.15) is 29.9 Å². The largest absolute Gasteiger partial charge is 0.361 e. The molecule has 4 heterocycles. The second kappa shape index (κ2) is 5.19. The van der Waals surface area contributed by atoms with Gasteiger partial charge in [-0.3, -0.25) is 14.4 Å². The Morgan fingerprint density at radius 1 is 1.35 bits per heavy atom. The molecular formula is C16H21N5O2. The van der Waals surface area contributed by atoms with Crippen LogP contribution in [0.4, 0.5) is 5.69 Å². The van der Waals surface area contributed by atoms with Gasteiger partial charge in [-0.1, -0.05) is 5.16 Å². The third kappa shape index (κ3) is 2.26. The van der Waals surface area contributed by atoms with Gasteiger partial charge >= 0.3 is 0 Å². The molecule has 0 saturated carbocycles. The maximum absolute atomic E-state index is 12.5. The Kier molecular flexibility index (Phi) is 3.26. The first-order valence-electron chi connectivity index (χ1n) is 8.01. The lowest BCUT2D eigenvalue weighted by atomic mass is 10.1. The molecule has 0 spiro atoms. The summed E-state index contributed by atoms with van der Waals surface area (Å²) in [5.74, 6) is 1.07. The van der Waals surface area contributed by atoms with Crippen LogP contribution in [0.2, 0.25) is 0 Å². The smallest absolute Gasteiger partial charge is 0.229 e. The summed E-state index contributed by atoms with van der Waals surface area (Å²) in [5, 5.41) is 8.24. The highest BCUT2D eigenvalue weighted by Gasteiger charge is 2.47. The van der Waals surface area contributed by atoms with E-state index in [1.54, 1.807) is 10.9 Å². The molecule has 0 aliphatic carbocycles. The fourth-order valence-electron chi connectivity index (χ4n) is 3.92. The Labute approximate surface area is 134 Å². The Hall–Kier alpha value is -2.15. The van der Waals surface area contributed by atoms with Gasteiger partial charge in [0.15, 0.2) is 0 Å².